The Hall–Kier alpha value is -3.67. The van der Waals surface area contributed by atoms with Crippen molar-refractivity contribution < 1.29 is 13.9 Å². The van der Waals surface area contributed by atoms with Gasteiger partial charge in [0.05, 0.1) is 11.0 Å². The molecule has 0 aliphatic carbocycles. The molecular weight excluding hydrogens is 405 g/mol. The maximum Gasteiger partial charge on any atom is 0.251 e. The van der Waals surface area contributed by atoms with Gasteiger partial charge in [-0.15, -0.1) is 0 Å². The summed E-state index contributed by atoms with van der Waals surface area (Å²) in [5.41, 5.74) is 2.91. The first-order chi connectivity index (χ1) is 15.4. The normalized spacial score (nSPS) is 12.2. The van der Waals surface area contributed by atoms with Crippen LogP contribution in [0.5, 0.6) is 5.75 Å². The number of nitrogens with zero attached hydrogens (tertiary/aromatic N) is 2. The minimum absolute atomic E-state index is 0.0404. The summed E-state index contributed by atoms with van der Waals surface area (Å²) in [7, 11) is 0. The zero-order valence-electron chi connectivity index (χ0n) is 18.4. The molecule has 1 N–H and O–H groups in total. The molecule has 4 rings (SSSR count). The highest BCUT2D eigenvalue weighted by molar-refractivity contribution is 5.97. The van der Waals surface area contributed by atoms with Gasteiger partial charge in [-0.1, -0.05) is 30.3 Å². The van der Waals surface area contributed by atoms with E-state index in [-0.39, 0.29) is 23.9 Å². The number of aromatic nitrogens is 2. The molecule has 4 aromatic rings. The van der Waals surface area contributed by atoms with Gasteiger partial charge in [-0.2, -0.15) is 0 Å². The average molecular weight is 432 g/mol. The van der Waals surface area contributed by atoms with E-state index < -0.39 is 0 Å². The highest BCUT2D eigenvalue weighted by Crippen LogP contribution is 2.27. The summed E-state index contributed by atoms with van der Waals surface area (Å²) >= 11 is 0. The van der Waals surface area contributed by atoms with Gasteiger partial charge in [0, 0.05) is 18.2 Å². The molecule has 1 unspecified atom stereocenters. The van der Waals surface area contributed by atoms with Crippen molar-refractivity contribution in [1.29, 1.82) is 0 Å². The van der Waals surface area contributed by atoms with Crippen LogP contribution >= 0.6 is 0 Å². The lowest BCUT2D eigenvalue weighted by Gasteiger charge is -2.17. The topological polar surface area (TPSA) is 56.1 Å². The summed E-state index contributed by atoms with van der Waals surface area (Å²) in [6.07, 6.45) is -0.355. The molecule has 6 heteroatoms. The minimum atomic E-state index is -0.355. The minimum Gasteiger partial charge on any atom is -0.483 e. The van der Waals surface area contributed by atoms with Gasteiger partial charge in [0.2, 0.25) is 0 Å². The lowest BCUT2D eigenvalue weighted by Crippen LogP contribution is -2.29. The number of hydrogen-bond acceptors (Lipinski definition) is 3. The van der Waals surface area contributed by atoms with E-state index in [1.165, 1.54) is 12.1 Å². The Bertz CT molecular complexity index is 1230. The molecule has 0 spiro atoms. The molecule has 0 fully saturated rings. The average Bonchev–Trinajstić information content (AvgIpc) is 3.12. The summed E-state index contributed by atoms with van der Waals surface area (Å²) in [5, 5.41) is 2.91. The Morgan fingerprint density at radius 2 is 1.81 bits per heavy atom. The number of benzene rings is 3. The number of carbonyl (C=O) groups excluding carboxylic acids is 1. The lowest BCUT2D eigenvalue weighted by molar-refractivity contribution is 0.0943. The van der Waals surface area contributed by atoms with Crippen molar-refractivity contribution in [2.24, 2.45) is 0 Å². The van der Waals surface area contributed by atoms with Gasteiger partial charge in [0.1, 0.15) is 11.6 Å². The third-order valence-corrected chi connectivity index (χ3v) is 5.11. The van der Waals surface area contributed by atoms with Crippen LogP contribution in [0.15, 0.2) is 72.8 Å². The standard InChI is InChI=1S/C26H26FN3O2/c1-17(2)28-26(31)20-12-13-24-23(15-20)29-25(18(3)32-22-10-5-4-6-11-22)30(24)16-19-8-7-9-21(27)14-19/h4-15,17-18H,16H2,1-3H3,(H,28,31). The van der Waals surface area contributed by atoms with Crippen molar-refractivity contribution in [2.75, 3.05) is 0 Å². The van der Waals surface area contributed by atoms with Gasteiger partial charge < -0.3 is 14.6 Å². The van der Waals surface area contributed by atoms with E-state index in [9.17, 15) is 9.18 Å². The van der Waals surface area contributed by atoms with Crippen molar-refractivity contribution in [1.82, 2.24) is 14.9 Å². The van der Waals surface area contributed by atoms with E-state index in [0.717, 1.165) is 16.8 Å². The second-order valence-corrected chi connectivity index (χ2v) is 8.09. The van der Waals surface area contributed by atoms with Crippen molar-refractivity contribution >= 4 is 16.9 Å². The largest absolute Gasteiger partial charge is 0.483 e. The van der Waals surface area contributed by atoms with Gasteiger partial charge in [-0.25, -0.2) is 9.37 Å². The predicted octanol–water partition coefficient (Wildman–Crippen LogP) is 5.50. The number of ether oxygens (including phenoxy) is 1. The van der Waals surface area contributed by atoms with Gasteiger partial charge in [-0.3, -0.25) is 4.79 Å². The fourth-order valence-corrected chi connectivity index (χ4v) is 3.69. The van der Waals surface area contributed by atoms with E-state index >= 15 is 0 Å². The number of amides is 1. The number of hydrogen-bond donors (Lipinski definition) is 1. The summed E-state index contributed by atoms with van der Waals surface area (Å²) in [5.74, 6) is 1.02. The Labute approximate surface area is 186 Å². The fraction of sp³-hybridized carbons (Fsp3) is 0.231. The number of carbonyl (C=O) groups is 1. The van der Waals surface area contributed by atoms with Gasteiger partial charge in [0.25, 0.3) is 5.91 Å². The maximum absolute atomic E-state index is 13.8. The number of rotatable bonds is 7. The van der Waals surface area contributed by atoms with Gasteiger partial charge >= 0.3 is 0 Å². The Morgan fingerprint density at radius 3 is 2.53 bits per heavy atom. The smallest absolute Gasteiger partial charge is 0.251 e. The number of imidazole rings is 1. The zero-order valence-corrected chi connectivity index (χ0v) is 18.4. The van der Waals surface area contributed by atoms with Crippen LogP contribution in [0.2, 0.25) is 0 Å². The Kier molecular flexibility index (Phi) is 6.21. The van der Waals surface area contributed by atoms with E-state index in [2.05, 4.69) is 5.32 Å². The third kappa shape index (κ3) is 4.80. The first-order valence-electron chi connectivity index (χ1n) is 10.7. The molecule has 0 bridgehead atoms. The van der Waals surface area contributed by atoms with Crippen LogP contribution in [0.25, 0.3) is 11.0 Å². The van der Waals surface area contributed by atoms with Crippen LogP contribution < -0.4 is 10.1 Å². The molecule has 32 heavy (non-hydrogen) atoms. The molecular formula is C26H26FN3O2. The molecule has 1 atom stereocenters. The number of nitrogens with one attached hydrogen (secondary N) is 1. The molecule has 0 aliphatic rings. The molecule has 3 aromatic carbocycles. The highest BCUT2D eigenvalue weighted by atomic mass is 19.1. The van der Waals surface area contributed by atoms with E-state index in [4.69, 9.17) is 9.72 Å². The molecule has 0 saturated heterocycles. The van der Waals surface area contributed by atoms with Gasteiger partial charge in [0.15, 0.2) is 11.9 Å². The lowest BCUT2D eigenvalue weighted by atomic mass is 10.1. The maximum atomic E-state index is 13.8. The molecule has 1 amide bonds. The first kappa shape index (κ1) is 21.6. The zero-order chi connectivity index (χ0) is 22.7. The fourth-order valence-electron chi connectivity index (χ4n) is 3.69. The van der Waals surface area contributed by atoms with E-state index in [1.54, 1.807) is 18.2 Å². The van der Waals surface area contributed by atoms with Crippen molar-refractivity contribution in [3.63, 3.8) is 0 Å². The van der Waals surface area contributed by atoms with Crippen molar-refractivity contribution in [2.45, 2.75) is 39.5 Å². The van der Waals surface area contributed by atoms with Crippen molar-refractivity contribution in [3.05, 3.63) is 95.6 Å². The van der Waals surface area contributed by atoms with E-state index in [1.807, 2.05) is 67.8 Å². The van der Waals surface area contributed by atoms with Crippen LogP contribution in [0, 0.1) is 5.82 Å². The van der Waals surface area contributed by atoms with Crippen LogP contribution in [-0.2, 0) is 6.54 Å². The predicted molar refractivity (Wildman–Crippen MR) is 123 cm³/mol. The first-order valence-corrected chi connectivity index (χ1v) is 10.7. The number of para-hydroxylation sites is 1. The number of halogens is 1. The molecule has 1 aromatic heterocycles. The summed E-state index contributed by atoms with van der Waals surface area (Å²) in [4.78, 5) is 17.3. The molecule has 0 aliphatic heterocycles. The Morgan fingerprint density at radius 1 is 1.03 bits per heavy atom. The quantitative estimate of drug-likeness (QED) is 0.420. The SMILES string of the molecule is CC(C)NC(=O)c1ccc2c(c1)nc(C(C)Oc1ccccc1)n2Cc1cccc(F)c1. The molecule has 0 radical (unpaired) electrons. The van der Waals surface area contributed by atoms with Crippen LogP contribution in [0.4, 0.5) is 4.39 Å². The van der Waals surface area contributed by atoms with Crippen molar-refractivity contribution in [3.8, 4) is 5.75 Å². The monoisotopic (exact) mass is 431 g/mol. The molecule has 1 heterocycles. The molecule has 164 valence electrons. The molecule has 5 nitrogen and oxygen atoms in total. The second-order valence-electron chi connectivity index (χ2n) is 8.09. The highest BCUT2D eigenvalue weighted by Gasteiger charge is 2.20. The second kappa shape index (κ2) is 9.22. The van der Waals surface area contributed by atoms with Crippen LogP contribution in [0.1, 0.15) is 48.6 Å². The van der Waals surface area contributed by atoms with Gasteiger partial charge in [-0.05, 0) is 68.8 Å². The van der Waals surface area contributed by atoms with Crippen LogP contribution in [-0.4, -0.2) is 21.5 Å². The number of fused-ring (bicyclic) bond motifs is 1. The summed E-state index contributed by atoms with van der Waals surface area (Å²) in [6, 6.07) is 21.6. The molecule has 0 saturated carbocycles. The summed E-state index contributed by atoms with van der Waals surface area (Å²) < 4.78 is 21.9. The van der Waals surface area contributed by atoms with E-state index in [0.29, 0.717) is 23.4 Å². The Balaban J connectivity index is 1.75. The van der Waals surface area contributed by atoms with Crippen LogP contribution in [0.3, 0.4) is 0 Å². The summed E-state index contributed by atoms with van der Waals surface area (Å²) in [6.45, 7) is 6.21. The third-order valence-electron chi connectivity index (χ3n) is 5.11.